The number of ether oxygens (including phenoxy) is 2. The second kappa shape index (κ2) is 11.4. The fourth-order valence-corrected chi connectivity index (χ4v) is 4.50. The summed E-state index contributed by atoms with van der Waals surface area (Å²) in [6.45, 7) is 9.48. The Labute approximate surface area is 211 Å². The van der Waals surface area contributed by atoms with Crippen LogP contribution < -0.4 is 10.1 Å². The number of nitrogens with one attached hydrogen (secondary N) is 1. The summed E-state index contributed by atoms with van der Waals surface area (Å²) in [5, 5.41) is 18.3. The molecule has 3 aromatic rings. The van der Waals surface area contributed by atoms with Crippen LogP contribution in [0.3, 0.4) is 0 Å². The zero-order chi connectivity index (χ0) is 24.9. The SMILES string of the molecule is CCCC(O)COc1cc(Cl)cc(-c2nc(NC3CCOCC3)c(C)c(-c3c(C)noc3C)n2)c1. The van der Waals surface area contributed by atoms with E-state index in [2.05, 4.69) is 10.5 Å². The lowest BCUT2D eigenvalue weighted by molar-refractivity contribution is 0.0904. The molecule has 3 heterocycles. The lowest BCUT2D eigenvalue weighted by Crippen LogP contribution is -2.28. The molecule has 1 saturated heterocycles. The van der Waals surface area contributed by atoms with E-state index in [1.807, 2.05) is 39.8 Å². The Hall–Kier alpha value is -2.68. The van der Waals surface area contributed by atoms with Gasteiger partial charge in [0.25, 0.3) is 0 Å². The molecule has 2 aromatic heterocycles. The number of hydrogen-bond donors (Lipinski definition) is 2. The third-order valence-corrected chi connectivity index (χ3v) is 6.39. The first kappa shape index (κ1) is 25.4. The number of anilines is 1. The summed E-state index contributed by atoms with van der Waals surface area (Å²) in [5.74, 6) is 2.54. The molecule has 1 aliphatic rings. The van der Waals surface area contributed by atoms with Gasteiger partial charge in [-0.05, 0) is 58.2 Å². The van der Waals surface area contributed by atoms with Crippen LogP contribution >= 0.6 is 11.6 Å². The van der Waals surface area contributed by atoms with Gasteiger partial charge in [0.05, 0.1) is 23.1 Å². The molecule has 188 valence electrons. The van der Waals surface area contributed by atoms with Gasteiger partial charge in [0.1, 0.15) is 23.9 Å². The van der Waals surface area contributed by atoms with Gasteiger partial charge < -0.3 is 24.4 Å². The van der Waals surface area contributed by atoms with Crippen molar-refractivity contribution < 1.29 is 19.1 Å². The number of aromatic nitrogens is 3. The Bertz CT molecular complexity index is 1140. The first-order valence-electron chi connectivity index (χ1n) is 12.1. The first-order chi connectivity index (χ1) is 16.9. The Morgan fingerprint density at radius 1 is 1.17 bits per heavy atom. The van der Waals surface area contributed by atoms with Gasteiger partial charge in [-0.15, -0.1) is 0 Å². The van der Waals surface area contributed by atoms with Gasteiger partial charge >= 0.3 is 0 Å². The highest BCUT2D eigenvalue weighted by Crippen LogP contribution is 2.35. The molecule has 0 radical (unpaired) electrons. The summed E-state index contributed by atoms with van der Waals surface area (Å²) in [5.41, 5.74) is 4.05. The molecular formula is C26H33ClN4O4. The van der Waals surface area contributed by atoms with Crippen molar-refractivity contribution >= 4 is 17.4 Å². The van der Waals surface area contributed by atoms with E-state index in [0.717, 1.165) is 66.4 Å². The highest BCUT2D eigenvalue weighted by molar-refractivity contribution is 6.31. The maximum Gasteiger partial charge on any atom is 0.162 e. The molecule has 0 bridgehead atoms. The molecular weight excluding hydrogens is 468 g/mol. The standard InChI is InChI=1S/C26H33ClN4O4/c1-5-6-21(32)14-34-22-12-18(11-19(27)13-22)26-29-24(23-16(3)31-35-17(23)4)15(2)25(30-26)28-20-7-9-33-10-8-20/h11-13,20-21,32H,5-10,14H2,1-4H3,(H,28,29,30). The second-order valence-electron chi connectivity index (χ2n) is 9.03. The minimum Gasteiger partial charge on any atom is -0.491 e. The molecule has 2 N–H and O–H groups in total. The zero-order valence-electron chi connectivity index (χ0n) is 20.7. The average molecular weight is 501 g/mol. The molecule has 0 saturated carbocycles. The number of aryl methyl sites for hydroxylation is 2. The van der Waals surface area contributed by atoms with E-state index >= 15 is 0 Å². The lowest BCUT2D eigenvalue weighted by atomic mass is 10.0. The predicted octanol–water partition coefficient (Wildman–Crippen LogP) is 5.51. The number of aliphatic hydroxyl groups excluding tert-OH is 1. The van der Waals surface area contributed by atoms with Crippen molar-refractivity contribution in [2.45, 2.75) is 65.5 Å². The molecule has 1 aromatic carbocycles. The molecule has 0 aliphatic carbocycles. The van der Waals surface area contributed by atoms with Crippen molar-refractivity contribution in [3.05, 3.63) is 40.2 Å². The number of aliphatic hydroxyl groups is 1. The van der Waals surface area contributed by atoms with Gasteiger partial charge in [-0.3, -0.25) is 0 Å². The third-order valence-electron chi connectivity index (χ3n) is 6.17. The van der Waals surface area contributed by atoms with Gasteiger partial charge in [0.15, 0.2) is 5.82 Å². The van der Waals surface area contributed by atoms with Gasteiger partial charge in [0, 0.05) is 35.4 Å². The van der Waals surface area contributed by atoms with Crippen LogP contribution in [0.5, 0.6) is 5.75 Å². The predicted molar refractivity (Wildman–Crippen MR) is 136 cm³/mol. The monoisotopic (exact) mass is 500 g/mol. The molecule has 0 amide bonds. The van der Waals surface area contributed by atoms with Crippen LogP contribution in [0.15, 0.2) is 22.7 Å². The molecule has 4 rings (SSSR count). The second-order valence-corrected chi connectivity index (χ2v) is 9.47. The summed E-state index contributed by atoms with van der Waals surface area (Å²) in [6.07, 6.45) is 2.86. The number of hydrogen-bond acceptors (Lipinski definition) is 8. The van der Waals surface area contributed by atoms with Gasteiger partial charge in [-0.25, -0.2) is 9.97 Å². The largest absolute Gasteiger partial charge is 0.491 e. The highest BCUT2D eigenvalue weighted by atomic mass is 35.5. The molecule has 35 heavy (non-hydrogen) atoms. The van der Waals surface area contributed by atoms with Crippen LogP contribution in [-0.2, 0) is 4.74 Å². The number of rotatable bonds is 9. The third kappa shape index (κ3) is 6.12. The van der Waals surface area contributed by atoms with Crippen molar-refractivity contribution in [3.8, 4) is 28.4 Å². The summed E-state index contributed by atoms with van der Waals surface area (Å²) in [6, 6.07) is 5.66. The molecule has 9 heteroatoms. The van der Waals surface area contributed by atoms with Crippen molar-refractivity contribution in [2.75, 3.05) is 25.1 Å². The first-order valence-corrected chi connectivity index (χ1v) is 12.5. The van der Waals surface area contributed by atoms with E-state index in [0.29, 0.717) is 28.8 Å². The zero-order valence-corrected chi connectivity index (χ0v) is 21.5. The number of benzene rings is 1. The molecule has 1 aliphatic heterocycles. The van der Waals surface area contributed by atoms with Gasteiger partial charge in [-0.2, -0.15) is 0 Å². The van der Waals surface area contributed by atoms with Crippen molar-refractivity contribution in [1.29, 1.82) is 0 Å². The Morgan fingerprint density at radius 2 is 1.94 bits per heavy atom. The van der Waals surface area contributed by atoms with E-state index in [9.17, 15) is 5.11 Å². The summed E-state index contributed by atoms with van der Waals surface area (Å²) < 4.78 is 16.8. The smallest absolute Gasteiger partial charge is 0.162 e. The molecule has 8 nitrogen and oxygen atoms in total. The van der Waals surface area contributed by atoms with E-state index in [1.54, 1.807) is 6.07 Å². The summed E-state index contributed by atoms with van der Waals surface area (Å²) in [4.78, 5) is 9.82. The highest BCUT2D eigenvalue weighted by Gasteiger charge is 2.23. The number of halogens is 1. The molecule has 1 fully saturated rings. The summed E-state index contributed by atoms with van der Waals surface area (Å²) in [7, 11) is 0. The fourth-order valence-electron chi connectivity index (χ4n) is 4.27. The van der Waals surface area contributed by atoms with Gasteiger partial charge in [-0.1, -0.05) is 30.1 Å². The maximum atomic E-state index is 10.1. The fraction of sp³-hybridized carbons (Fsp3) is 0.500. The topological polar surface area (TPSA) is 103 Å². The van der Waals surface area contributed by atoms with Crippen molar-refractivity contribution in [1.82, 2.24) is 15.1 Å². The molecule has 1 unspecified atom stereocenters. The van der Waals surface area contributed by atoms with Crippen LogP contribution in [-0.4, -0.2) is 52.2 Å². The number of nitrogens with zero attached hydrogens (tertiary/aromatic N) is 3. The molecule has 1 atom stereocenters. The van der Waals surface area contributed by atoms with Crippen LogP contribution in [0.1, 0.15) is 49.6 Å². The van der Waals surface area contributed by atoms with Crippen LogP contribution in [0.2, 0.25) is 5.02 Å². The summed E-state index contributed by atoms with van der Waals surface area (Å²) >= 11 is 6.44. The maximum absolute atomic E-state index is 10.1. The normalized spacial score (nSPS) is 15.3. The quantitative estimate of drug-likeness (QED) is 0.396. The minimum atomic E-state index is -0.528. The lowest BCUT2D eigenvalue weighted by Gasteiger charge is -2.25. The van der Waals surface area contributed by atoms with E-state index in [-0.39, 0.29) is 12.6 Å². The van der Waals surface area contributed by atoms with E-state index in [1.165, 1.54) is 0 Å². The van der Waals surface area contributed by atoms with Gasteiger partial charge in [0.2, 0.25) is 0 Å². The van der Waals surface area contributed by atoms with E-state index < -0.39 is 6.10 Å². The van der Waals surface area contributed by atoms with E-state index in [4.69, 9.17) is 35.6 Å². The Kier molecular flexibility index (Phi) is 8.26. The average Bonchev–Trinajstić information content (AvgIpc) is 3.17. The Morgan fingerprint density at radius 3 is 2.63 bits per heavy atom. The minimum absolute atomic E-state index is 0.198. The Balaban J connectivity index is 1.75. The van der Waals surface area contributed by atoms with Crippen LogP contribution in [0.4, 0.5) is 5.82 Å². The van der Waals surface area contributed by atoms with Crippen LogP contribution in [0.25, 0.3) is 22.6 Å². The van der Waals surface area contributed by atoms with Crippen molar-refractivity contribution in [3.63, 3.8) is 0 Å². The van der Waals surface area contributed by atoms with Crippen LogP contribution in [0, 0.1) is 20.8 Å². The van der Waals surface area contributed by atoms with Crippen molar-refractivity contribution in [2.24, 2.45) is 0 Å². The molecule has 0 spiro atoms.